The minimum absolute atomic E-state index is 0.0779. The minimum Gasteiger partial charge on any atom is -0.337 e. The molecule has 7 nitrogen and oxygen atoms in total. The topological polar surface area (TPSA) is 82.6 Å². The van der Waals surface area contributed by atoms with Gasteiger partial charge in [0.05, 0.1) is 0 Å². The van der Waals surface area contributed by atoms with Crippen molar-refractivity contribution in [2.24, 2.45) is 5.92 Å². The van der Waals surface area contributed by atoms with Crippen LogP contribution in [0.3, 0.4) is 0 Å². The highest BCUT2D eigenvalue weighted by Crippen LogP contribution is 2.25. The molecule has 3 heterocycles. The van der Waals surface area contributed by atoms with Gasteiger partial charge in [-0.1, -0.05) is 0 Å². The fourth-order valence-corrected chi connectivity index (χ4v) is 4.83. The largest absolute Gasteiger partial charge is 0.337 e. The fourth-order valence-electron chi connectivity index (χ4n) is 3.39. The van der Waals surface area contributed by atoms with Gasteiger partial charge in [-0.25, -0.2) is 8.42 Å². The van der Waals surface area contributed by atoms with Crippen LogP contribution in [0.2, 0.25) is 0 Å². The summed E-state index contributed by atoms with van der Waals surface area (Å²) in [4.78, 5) is 18.7. The molecule has 3 rings (SSSR count). The van der Waals surface area contributed by atoms with E-state index >= 15 is 0 Å². The van der Waals surface area contributed by atoms with Gasteiger partial charge in [0, 0.05) is 57.1 Å². The van der Waals surface area contributed by atoms with E-state index in [0.29, 0.717) is 25.9 Å². The molecule has 1 unspecified atom stereocenters. The number of pyridine rings is 1. The second-order valence-corrected chi connectivity index (χ2v) is 8.39. The second kappa shape index (κ2) is 7.16. The number of piperidine rings is 1. The Kier molecular flexibility index (Phi) is 5.17. The van der Waals surface area contributed by atoms with Gasteiger partial charge in [0.15, 0.2) is 0 Å². The van der Waals surface area contributed by atoms with Crippen LogP contribution in [-0.4, -0.2) is 67.3 Å². The average Bonchev–Trinajstić information content (AvgIpc) is 2.62. The molecular weight excluding hydrogens is 328 g/mol. The first-order valence-electron chi connectivity index (χ1n) is 8.41. The van der Waals surface area contributed by atoms with Crippen LogP contribution in [0.4, 0.5) is 0 Å². The molecule has 0 aromatic carbocycles. The number of nitrogens with one attached hydrogen (secondary N) is 1. The molecule has 132 valence electrons. The Balaban J connectivity index is 1.62. The molecule has 2 fully saturated rings. The van der Waals surface area contributed by atoms with Gasteiger partial charge < -0.3 is 10.2 Å². The summed E-state index contributed by atoms with van der Waals surface area (Å²) in [6, 6.07) is 3.38. The zero-order chi connectivity index (χ0) is 17.2. The number of rotatable bonds is 3. The predicted octanol–water partition coefficient (Wildman–Crippen LogP) is 0.303. The van der Waals surface area contributed by atoms with E-state index in [4.69, 9.17) is 0 Å². The third-order valence-electron chi connectivity index (χ3n) is 4.86. The zero-order valence-corrected chi connectivity index (χ0v) is 14.7. The zero-order valence-electron chi connectivity index (χ0n) is 13.9. The first kappa shape index (κ1) is 17.3. The quantitative estimate of drug-likeness (QED) is 0.846. The molecule has 0 saturated carbocycles. The number of carbonyl (C=O) groups excluding carboxylic acids is 1. The molecule has 1 amide bonds. The molecule has 2 aliphatic heterocycles. The Morgan fingerprint density at radius 2 is 2.04 bits per heavy atom. The van der Waals surface area contributed by atoms with Crippen LogP contribution >= 0.6 is 0 Å². The van der Waals surface area contributed by atoms with E-state index in [1.54, 1.807) is 18.3 Å². The molecule has 0 spiro atoms. The summed E-state index contributed by atoms with van der Waals surface area (Å²) >= 11 is 0. The highest BCUT2D eigenvalue weighted by Gasteiger charge is 2.35. The first-order valence-corrected chi connectivity index (χ1v) is 9.85. The number of nitrogens with zero attached hydrogens (tertiary/aromatic N) is 3. The lowest BCUT2D eigenvalue weighted by atomic mass is 9.95. The highest BCUT2D eigenvalue weighted by atomic mass is 32.2. The number of hydrogen-bond acceptors (Lipinski definition) is 5. The van der Waals surface area contributed by atoms with Crippen molar-refractivity contribution in [3.05, 3.63) is 24.5 Å². The second-order valence-electron chi connectivity index (χ2n) is 6.45. The number of hydrogen-bond donors (Lipinski definition) is 1. The van der Waals surface area contributed by atoms with Crippen LogP contribution in [0.5, 0.6) is 0 Å². The minimum atomic E-state index is -3.51. The van der Waals surface area contributed by atoms with Crippen molar-refractivity contribution in [3.63, 3.8) is 0 Å². The lowest BCUT2D eigenvalue weighted by Gasteiger charge is -2.38. The number of sulfonamides is 1. The molecule has 8 heteroatoms. The number of carbonyl (C=O) groups is 1. The summed E-state index contributed by atoms with van der Waals surface area (Å²) in [6.07, 6.45) is 4.08. The Morgan fingerprint density at radius 1 is 1.29 bits per heavy atom. The van der Waals surface area contributed by atoms with Crippen molar-refractivity contribution < 1.29 is 13.2 Å². The van der Waals surface area contributed by atoms with Gasteiger partial charge in [-0.05, 0) is 31.9 Å². The maximum absolute atomic E-state index is 12.7. The summed E-state index contributed by atoms with van der Waals surface area (Å²) in [5.74, 6) is 0.0910. The predicted molar refractivity (Wildman–Crippen MR) is 89.8 cm³/mol. The average molecular weight is 352 g/mol. The summed E-state index contributed by atoms with van der Waals surface area (Å²) in [5, 5.41) is 3.28. The van der Waals surface area contributed by atoms with Gasteiger partial charge in [-0.15, -0.1) is 0 Å². The fraction of sp³-hybridized carbons (Fsp3) is 0.625. The van der Waals surface area contributed by atoms with Gasteiger partial charge in [-0.3, -0.25) is 9.78 Å². The lowest BCUT2D eigenvalue weighted by molar-refractivity contribution is -0.139. The van der Waals surface area contributed by atoms with Gasteiger partial charge >= 0.3 is 0 Å². The lowest BCUT2D eigenvalue weighted by Crippen LogP contribution is -2.55. The first-order chi connectivity index (χ1) is 11.5. The summed E-state index contributed by atoms with van der Waals surface area (Å²) in [5.41, 5.74) is 0. The van der Waals surface area contributed by atoms with Crippen molar-refractivity contribution in [3.8, 4) is 0 Å². The van der Waals surface area contributed by atoms with E-state index in [-0.39, 0.29) is 22.8 Å². The van der Waals surface area contributed by atoms with E-state index < -0.39 is 10.0 Å². The Morgan fingerprint density at radius 3 is 2.67 bits per heavy atom. The molecule has 1 aromatic heterocycles. The standard InChI is InChI=1S/C16H24N4O3S/c1-13-11-18-7-10-20(13)16(21)14-4-8-19(9-5-14)24(22,23)15-3-2-6-17-12-15/h2-3,6,12-14,18H,4-5,7-11H2,1H3. The van der Waals surface area contributed by atoms with Crippen LogP contribution < -0.4 is 5.32 Å². The Bertz CT molecular complexity index is 672. The number of amides is 1. The summed E-state index contributed by atoms with van der Waals surface area (Å²) in [6.45, 7) is 5.19. The normalized spacial score (nSPS) is 24.0. The van der Waals surface area contributed by atoms with Crippen molar-refractivity contribution in [2.75, 3.05) is 32.7 Å². The number of aromatic nitrogens is 1. The monoisotopic (exact) mass is 352 g/mol. The molecule has 24 heavy (non-hydrogen) atoms. The Labute approximate surface area is 143 Å². The smallest absolute Gasteiger partial charge is 0.244 e. The maximum atomic E-state index is 12.7. The van der Waals surface area contributed by atoms with Crippen LogP contribution in [0.15, 0.2) is 29.4 Å². The molecule has 0 aliphatic carbocycles. The van der Waals surface area contributed by atoms with Gasteiger partial charge in [0.2, 0.25) is 15.9 Å². The molecule has 1 N–H and O–H groups in total. The van der Waals surface area contributed by atoms with Crippen LogP contribution in [0, 0.1) is 5.92 Å². The van der Waals surface area contributed by atoms with Crippen LogP contribution in [0.25, 0.3) is 0 Å². The molecular formula is C16H24N4O3S. The van der Waals surface area contributed by atoms with Crippen molar-refractivity contribution in [1.82, 2.24) is 19.5 Å². The molecule has 1 atom stereocenters. The van der Waals surface area contributed by atoms with Gasteiger partial charge in [0.25, 0.3) is 0 Å². The summed E-state index contributed by atoms with van der Waals surface area (Å²) in [7, 11) is -3.51. The molecule has 0 bridgehead atoms. The molecule has 0 radical (unpaired) electrons. The third kappa shape index (κ3) is 3.45. The van der Waals surface area contributed by atoms with E-state index in [1.165, 1.54) is 10.5 Å². The summed E-state index contributed by atoms with van der Waals surface area (Å²) < 4.78 is 26.7. The maximum Gasteiger partial charge on any atom is 0.244 e. The van der Waals surface area contributed by atoms with Gasteiger partial charge in [0.1, 0.15) is 4.90 Å². The SMILES string of the molecule is CC1CNCCN1C(=O)C1CCN(S(=O)(=O)c2cccnc2)CC1. The van der Waals surface area contributed by atoms with Crippen molar-refractivity contribution >= 4 is 15.9 Å². The molecule has 1 aromatic rings. The van der Waals surface area contributed by atoms with E-state index in [0.717, 1.165) is 19.6 Å². The van der Waals surface area contributed by atoms with E-state index in [2.05, 4.69) is 10.3 Å². The Hall–Kier alpha value is -1.51. The van der Waals surface area contributed by atoms with Gasteiger partial charge in [-0.2, -0.15) is 4.31 Å². The van der Waals surface area contributed by atoms with Crippen LogP contribution in [-0.2, 0) is 14.8 Å². The van der Waals surface area contributed by atoms with E-state index in [1.807, 2.05) is 11.8 Å². The molecule has 2 aliphatic rings. The van der Waals surface area contributed by atoms with E-state index in [9.17, 15) is 13.2 Å². The van der Waals surface area contributed by atoms with Crippen LogP contribution in [0.1, 0.15) is 19.8 Å². The molecule has 2 saturated heterocycles. The highest BCUT2D eigenvalue weighted by molar-refractivity contribution is 7.89. The number of piperazine rings is 1. The van der Waals surface area contributed by atoms with Crippen molar-refractivity contribution in [1.29, 1.82) is 0 Å². The third-order valence-corrected chi connectivity index (χ3v) is 6.74. The van der Waals surface area contributed by atoms with Crippen molar-refractivity contribution in [2.45, 2.75) is 30.7 Å².